The molecular weight excluding hydrogens is 525 g/mol. The number of sulfonamides is 1. The number of nitrogens with zero attached hydrogens (tertiary/aromatic N) is 2. The summed E-state index contributed by atoms with van der Waals surface area (Å²) in [5.41, 5.74) is 1.12. The fraction of sp³-hybridized carbons (Fsp3) is 0.440. The third kappa shape index (κ3) is 8.28. The highest BCUT2D eigenvalue weighted by Gasteiger charge is 2.27. The molecule has 0 saturated heterocycles. The molecule has 198 valence electrons. The molecule has 8 nitrogen and oxygen atoms in total. The number of carbonyl (C=O) groups is 2. The average molecular weight is 559 g/mol. The first-order valence-corrected chi connectivity index (χ1v) is 14.2. The van der Waals surface area contributed by atoms with E-state index in [1.165, 1.54) is 16.3 Å². The molecule has 0 fully saturated rings. The first kappa shape index (κ1) is 29.7. The highest BCUT2D eigenvalue weighted by atomic mass is 35.5. The van der Waals surface area contributed by atoms with Crippen molar-refractivity contribution in [3.8, 4) is 5.75 Å². The van der Waals surface area contributed by atoms with Gasteiger partial charge in [-0.1, -0.05) is 48.3 Å². The number of anilines is 1. The van der Waals surface area contributed by atoms with Crippen molar-refractivity contribution in [2.45, 2.75) is 45.7 Å². The highest BCUT2D eigenvalue weighted by Crippen LogP contribution is 2.30. The molecule has 2 aromatic carbocycles. The van der Waals surface area contributed by atoms with E-state index in [0.717, 1.165) is 18.2 Å². The number of benzene rings is 2. The van der Waals surface area contributed by atoms with Gasteiger partial charge < -0.3 is 15.0 Å². The predicted octanol–water partition coefficient (Wildman–Crippen LogP) is 4.49. The minimum Gasteiger partial charge on any atom is -0.495 e. The molecule has 0 heterocycles. The first-order chi connectivity index (χ1) is 17.0. The van der Waals surface area contributed by atoms with Crippen LogP contribution in [0.25, 0.3) is 0 Å². The second kappa shape index (κ2) is 13.7. The van der Waals surface area contributed by atoms with Gasteiger partial charge in [0.05, 0.1) is 29.1 Å². The summed E-state index contributed by atoms with van der Waals surface area (Å²) < 4.78 is 31.6. The lowest BCUT2D eigenvalue weighted by atomic mass is 10.1. The number of halogens is 2. The molecule has 1 N–H and O–H groups in total. The van der Waals surface area contributed by atoms with Crippen molar-refractivity contribution in [1.82, 2.24) is 10.2 Å². The van der Waals surface area contributed by atoms with Crippen LogP contribution in [0.15, 0.2) is 42.5 Å². The molecule has 0 aliphatic heterocycles. The number of methoxy groups -OCH3 is 1. The summed E-state index contributed by atoms with van der Waals surface area (Å²) >= 11 is 12.2. The lowest BCUT2D eigenvalue weighted by Crippen LogP contribution is -2.47. The van der Waals surface area contributed by atoms with Gasteiger partial charge in [0.1, 0.15) is 11.8 Å². The molecule has 0 unspecified atom stereocenters. The number of carbonyl (C=O) groups excluding carboxylic acids is 2. The lowest BCUT2D eigenvalue weighted by Gasteiger charge is -2.29. The molecule has 2 aromatic rings. The number of rotatable bonds is 13. The maximum Gasteiger partial charge on any atom is 0.242 e. The van der Waals surface area contributed by atoms with Crippen LogP contribution >= 0.6 is 23.2 Å². The Balaban J connectivity index is 2.21. The largest absolute Gasteiger partial charge is 0.495 e. The summed E-state index contributed by atoms with van der Waals surface area (Å²) in [4.78, 5) is 27.4. The molecule has 1 atom stereocenters. The van der Waals surface area contributed by atoms with Crippen LogP contribution in [0.3, 0.4) is 0 Å². The molecule has 36 heavy (non-hydrogen) atoms. The van der Waals surface area contributed by atoms with Gasteiger partial charge in [-0.15, -0.1) is 0 Å². The van der Waals surface area contributed by atoms with Crippen molar-refractivity contribution in [3.63, 3.8) is 0 Å². The fourth-order valence-electron chi connectivity index (χ4n) is 3.63. The third-order valence-electron chi connectivity index (χ3n) is 5.56. The minimum absolute atomic E-state index is 0.0356. The van der Waals surface area contributed by atoms with Crippen molar-refractivity contribution in [2.24, 2.45) is 0 Å². The maximum atomic E-state index is 13.3. The van der Waals surface area contributed by atoms with E-state index in [1.54, 1.807) is 49.4 Å². The van der Waals surface area contributed by atoms with E-state index < -0.39 is 16.1 Å². The van der Waals surface area contributed by atoms with Gasteiger partial charge in [0, 0.05) is 26.1 Å². The SMILES string of the molecule is CCCNC(=O)[C@H](C)N(Cc1ccc(Cl)c(Cl)c1)C(=O)CCCN(c1ccccc1OC)S(C)(=O)=O. The van der Waals surface area contributed by atoms with E-state index in [1.807, 2.05) is 6.92 Å². The molecule has 0 saturated carbocycles. The van der Waals surface area contributed by atoms with Crippen molar-refractivity contribution < 1.29 is 22.7 Å². The molecule has 0 spiro atoms. The van der Waals surface area contributed by atoms with Gasteiger partial charge in [-0.25, -0.2) is 8.42 Å². The summed E-state index contributed by atoms with van der Waals surface area (Å²) in [5, 5.41) is 3.57. The van der Waals surface area contributed by atoms with Crippen molar-refractivity contribution >= 4 is 50.7 Å². The smallest absolute Gasteiger partial charge is 0.242 e. The van der Waals surface area contributed by atoms with Crippen LogP contribution in [0.2, 0.25) is 10.0 Å². The number of ether oxygens (including phenoxy) is 1. The summed E-state index contributed by atoms with van der Waals surface area (Å²) in [6, 6.07) is 11.1. The Morgan fingerprint density at radius 1 is 1.11 bits per heavy atom. The zero-order valence-electron chi connectivity index (χ0n) is 21.0. The van der Waals surface area contributed by atoms with Gasteiger partial charge in [-0.3, -0.25) is 13.9 Å². The number of nitrogens with one attached hydrogen (secondary N) is 1. The number of para-hydroxylation sites is 2. The van der Waals surface area contributed by atoms with Gasteiger partial charge in [0.15, 0.2) is 0 Å². The molecule has 2 rings (SSSR count). The van der Waals surface area contributed by atoms with Gasteiger partial charge in [-0.2, -0.15) is 0 Å². The Morgan fingerprint density at radius 3 is 2.42 bits per heavy atom. The van der Waals surface area contributed by atoms with E-state index in [-0.39, 0.29) is 37.7 Å². The van der Waals surface area contributed by atoms with Crippen molar-refractivity contribution in [3.05, 3.63) is 58.1 Å². The Hall–Kier alpha value is -2.49. The second-order valence-corrected chi connectivity index (χ2v) is 11.1. The van der Waals surface area contributed by atoms with Crippen LogP contribution in [-0.4, -0.2) is 57.6 Å². The molecule has 0 bridgehead atoms. The van der Waals surface area contributed by atoms with Gasteiger partial charge >= 0.3 is 0 Å². The van der Waals surface area contributed by atoms with E-state index in [4.69, 9.17) is 27.9 Å². The second-order valence-electron chi connectivity index (χ2n) is 8.35. The predicted molar refractivity (Wildman–Crippen MR) is 144 cm³/mol. The van der Waals surface area contributed by atoms with E-state index in [9.17, 15) is 18.0 Å². The quantitative estimate of drug-likeness (QED) is 0.391. The fourth-order valence-corrected chi connectivity index (χ4v) is 4.92. The van der Waals surface area contributed by atoms with Crippen molar-refractivity contribution in [1.29, 1.82) is 0 Å². The highest BCUT2D eigenvalue weighted by molar-refractivity contribution is 7.92. The standard InChI is InChI=1S/C25H33Cl2N3O5S/c1-5-14-28-25(32)18(2)29(17-19-12-13-20(26)21(27)16-19)24(31)11-8-15-30(36(4,33)34)22-9-6-7-10-23(22)35-3/h6-7,9-10,12-13,16,18H,5,8,11,14-15,17H2,1-4H3,(H,28,32)/t18-/m0/s1. The summed E-state index contributed by atoms with van der Waals surface area (Å²) in [5.74, 6) is -0.137. The van der Waals surface area contributed by atoms with Crippen LogP contribution in [0.1, 0.15) is 38.7 Å². The first-order valence-electron chi connectivity index (χ1n) is 11.6. The number of amides is 2. The molecular formula is C25H33Cl2N3O5S. The molecule has 0 aliphatic rings. The van der Waals surface area contributed by atoms with Crippen LogP contribution in [-0.2, 0) is 26.2 Å². The van der Waals surface area contributed by atoms with Gasteiger partial charge in [-0.05, 0) is 49.6 Å². The topological polar surface area (TPSA) is 96.0 Å². The number of hydrogen-bond acceptors (Lipinski definition) is 5. The monoisotopic (exact) mass is 557 g/mol. The maximum absolute atomic E-state index is 13.3. The molecule has 11 heteroatoms. The molecule has 0 aliphatic carbocycles. The Labute approximate surface area is 223 Å². The van der Waals surface area contributed by atoms with Crippen molar-refractivity contribution in [2.75, 3.05) is 30.8 Å². The van der Waals surface area contributed by atoms with Gasteiger partial charge in [0.25, 0.3) is 0 Å². The van der Waals surface area contributed by atoms with E-state index >= 15 is 0 Å². The van der Waals surface area contributed by atoms with E-state index in [0.29, 0.717) is 28.0 Å². The summed E-state index contributed by atoms with van der Waals surface area (Å²) in [7, 11) is -2.16. The average Bonchev–Trinajstić information content (AvgIpc) is 2.84. The summed E-state index contributed by atoms with van der Waals surface area (Å²) in [6.07, 6.45) is 2.15. The minimum atomic E-state index is -3.63. The zero-order chi connectivity index (χ0) is 26.9. The lowest BCUT2D eigenvalue weighted by molar-refractivity contribution is -0.140. The Kier molecular flexibility index (Phi) is 11.3. The summed E-state index contributed by atoms with van der Waals surface area (Å²) in [6.45, 7) is 4.33. The normalized spacial score (nSPS) is 12.1. The Bertz CT molecular complexity index is 1160. The molecule has 2 amide bonds. The number of hydrogen-bond donors (Lipinski definition) is 1. The third-order valence-corrected chi connectivity index (χ3v) is 7.48. The van der Waals surface area contributed by atoms with Crippen LogP contribution in [0, 0.1) is 0 Å². The van der Waals surface area contributed by atoms with Crippen LogP contribution in [0.4, 0.5) is 5.69 Å². The van der Waals surface area contributed by atoms with Gasteiger partial charge in [0.2, 0.25) is 21.8 Å². The Morgan fingerprint density at radius 2 is 1.81 bits per heavy atom. The van der Waals surface area contributed by atoms with Crippen LogP contribution in [0.5, 0.6) is 5.75 Å². The van der Waals surface area contributed by atoms with E-state index in [2.05, 4.69) is 5.32 Å². The zero-order valence-corrected chi connectivity index (χ0v) is 23.3. The molecule has 0 radical (unpaired) electrons. The molecule has 0 aromatic heterocycles. The van der Waals surface area contributed by atoms with Crippen LogP contribution < -0.4 is 14.4 Å².